The van der Waals surface area contributed by atoms with E-state index in [4.69, 9.17) is 5.11 Å². The number of carbonyl (C=O) groups excluding carboxylic acids is 2. The van der Waals surface area contributed by atoms with Crippen molar-refractivity contribution in [3.63, 3.8) is 0 Å². The minimum atomic E-state index is -0.959. The van der Waals surface area contributed by atoms with Crippen LogP contribution < -0.4 is 10.6 Å². The molecule has 0 saturated heterocycles. The third-order valence-corrected chi connectivity index (χ3v) is 5.32. The third-order valence-electron chi connectivity index (χ3n) is 5.32. The van der Waals surface area contributed by atoms with Crippen LogP contribution in [0.5, 0.6) is 0 Å². The Hall–Kier alpha value is -2.37. The number of hydrogen-bond donors (Lipinski definition) is 3. The van der Waals surface area contributed by atoms with Gasteiger partial charge in [-0.1, -0.05) is 27.7 Å². The van der Waals surface area contributed by atoms with E-state index in [1.807, 2.05) is 0 Å². The number of carbonyl (C=O) groups is 3. The van der Waals surface area contributed by atoms with E-state index in [-0.39, 0.29) is 41.5 Å². The Morgan fingerprint density at radius 1 is 1.04 bits per heavy atom. The molecule has 0 unspecified atom stereocenters. The summed E-state index contributed by atoms with van der Waals surface area (Å²) in [5, 5.41) is 14.0. The van der Waals surface area contributed by atoms with Gasteiger partial charge in [-0.15, -0.1) is 0 Å². The molecule has 1 saturated carbocycles. The Labute approximate surface area is 141 Å². The maximum Gasteiger partial charge on any atom is 0.305 e. The molecule has 24 heavy (non-hydrogen) atoms. The molecule has 0 heterocycles. The van der Waals surface area contributed by atoms with Gasteiger partial charge >= 0.3 is 5.97 Å². The first kappa shape index (κ1) is 18.0. The second-order valence-corrected chi connectivity index (χ2v) is 7.34. The minimum absolute atomic E-state index is 0.0105. The predicted molar refractivity (Wildman–Crippen MR) is 90.7 cm³/mol. The summed E-state index contributed by atoms with van der Waals surface area (Å²) < 4.78 is 0. The van der Waals surface area contributed by atoms with Gasteiger partial charge in [-0.25, -0.2) is 0 Å². The lowest BCUT2D eigenvalue weighted by Crippen LogP contribution is -2.26. The van der Waals surface area contributed by atoms with Crippen LogP contribution in [0.3, 0.4) is 0 Å². The molecular formula is C18H24N2O4. The van der Waals surface area contributed by atoms with Crippen molar-refractivity contribution in [1.82, 2.24) is 5.32 Å². The largest absolute Gasteiger partial charge is 0.481 e. The van der Waals surface area contributed by atoms with Crippen LogP contribution in [-0.4, -0.2) is 29.4 Å². The summed E-state index contributed by atoms with van der Waals surface area (Å²) >= 11 is 0. The molecule has 130 valence electrons. The zero-order valence-electron chi connectivity index (χ0n) is 14.5. The molecule has 0 aromatic heterocycles. The second-order valence-electron chi connectivity index (χ2n) is 7.34. The Balaban J connectivity index is 1.92. The molecule has 0 spiro atoms. The maximum atomic E-state index is 12.4. The fourth-order valence-corrected chi connectivity index (χ4v) is 3.16. The number of benzene rings is 1. The van der Waals surface area contributed by atoms with Gasteiger partial charge in [0.2, 0.25) is 5.91 Å². The molecule has 2 rings (SSSR count). The number of amides is 2. The van der Waals surface area contributed by atoms with E-state index in [1.54, 1.807) is 24.3 Å². The Bertz CT molecular complexity index is 648. The maximum absolute atomic E-state index is 12.4. The fourth-order valence-electron chi connectivity index (χ4n) is 3.16. The number of rotatable bonds is 6. The van der Waals surface area contributed by atoms with Crippen molar-refractivity contribution < 1.29 is 19.5 Å². The first-order valence-corrected chi connectivity index (χ1v) is 7.98. The summed E-state index contributed by atoms with van der Waals surface area (Å²) in [4.78, 5) is 34.7. The standard InChI is InChI=1S/C18H24N2O4/c1-17(2)14(18(17,3)4)16(24)20-12-7-5-11(6-8-12)15(23)19-10-9-13(21)22/h5-8,14H,9-10H2,1-4H3,(H,19,23)(H,20,24)(H,21,22). The Morgan fingerprint density at radius 3 is 2.04 bits per heavy atom. The molecule has 6 heteroatoms. The topological polar surface area (TPSA) is 95.5 Å². The molecule has 2 amide bonds. The fraction of sp³-hybridized carbons (Fsp3) is 0.500. The van der Waals surface area contributed by atoms with Crippen LogP contribution in [0.4, 0.5) is 5.69 Å². The van der Waals surface area contributed by atoms with Gasteiger partial charge in [-0.2, -0.15) is 0 Å². The zero-order valence-corrected chi connectivity index (χ0v) is 14.5. The smallest absolute Gasteiger partial charge is 0.305 e. The van der Waals surface area contributed by atoms with Gasteiger partial charge in [-0.05, 0) is 35.1 Å². The van der Waals surface area contributed by atoms with Gasteiger partial charge in [0, 0.05) is 23.7 Å². The number of carboxylic acids is 1. The van der Waals surface area contributed by atoms with Crippen LogP contribution in [0.2, 0.25) is 0 Å². The quantitative estimate of drug-likeness (QED) is 0.746. The summed E-state index contributed by atoms with van der Waals surface area (Å²) in [6, 6.07) is 6.56. The summed E-state index contributed by atoms with van der Waals surface area (Å²) in [5.74, 6) is -1.34. The lowest BCUT2D eigenvalue weighted by atomic mass is 10.0. The van der Waals surface area contributed by atoms with E-state index in [9.17, 15) is 14.4 Å². The highest BCUT2D eigenvalue weighted by atomic mass is 16.4. The van der Waals surface area contributed by atoms with E-state index >= 15 is 0 Å². The summed E-state index contributed by atoms with van der Waals surface area (Å²) in [6.45, 7) is 8.42. The van der Waals surface area contributed by atoms with E-state index in [2.05, 4.69) is 38.3 Å². The van der Waals surface area contributed by atoms with Crippen LogP contribution >= 0.6 is 0 Å². The molecule has 0 aliphatic heterocycles. The molecule has 1 aliphatic rings. The number of anilines is 1. The second kappa shape index (κ2) is 6.26. The summed E-state index contributed by atoms with van der Waals surface area (Å²) in [5.41, 5.74) is 1.01. The highest BCUT2D eigenvalue weighted by Crippen LogP contribution is 2.68. The first-order valence-electron chi connectivity index (χ1n) is 7.98. The Kier molecular flexibility index (Phi) is 4.69. The van der Waals surface area contributed by atoms with Gasteiger partial charge < -0.3 is 15.7 Å². The van der Waals surface area contributed by atoms with Gasteiger partial charge in [0.05, 0.1) is 6.42 Å². The zero-order chi connectivity index (χ0) is 18.1. The van der Waals surface area contributed by atoms with E-state index in [0.29, 0.717) is 11.3 Å². The predicted octanol–water partition coefficient (Wildman–Crippen LogP) is 2.51. The molecule has 3 N–H and O–H groups in total. The van der Waals surface area contributed by atoms with Crippen LogP contribution in [0, 0.1) is 16.7 Å². The summed E-state index contributed by atoms with van der Waals surface area (Å²) in [7, 11) is 0. The van der Waals surface area contributed by atoms with E-state index in [0.717, 1.165) is 0 Å². The number of nitrogens with one attached hydrogen (secondary N) is 2. The molecule has 0 atom stereocenters. The third kappa shape index (κ3) is 3.42. The van der Waals surface area contributed by atoms with Crippen molar-refractivity contribution in [2.24, 2.45) is 16.7 Å². The van der Waals surface area contributed by atoms with Crippen molar-refractivity contribution in [2.45, 2.75) is 34.1 Å². The van der Waals surface area contributed by atoms with Crippen LogP contribution in [0.15, 0.2) is 24.3 Å². The monoisotopic (exact) mass is 332 g/mol. The highest BCUT2D eigenvalue weighted by Gasteiger charge is 2.68. The molecule has 0 bridgehead atoms. The molecule has 1 aromatic carbocycles. The normalized spacial score (nSPS) is 17.8. The van der Waals surface area contributed by atoms with Gasteiger partial charge in [-0.3, -0.25) is 14.4 Å². The van der Waals surface area contributed by atoms with Crippen LogP contribution in [-0.2, 0) is 9.59 Å². The lowest BCUT2D eigenvalue weighted by Gasteiger charge is -2.08. The van der Waals surface area contributed by atoms with Crippen LogP contribution in [0.25, 0.3) is 0 Å². The molecule has 1 aliphatic carbocycles. The summed E-state index contributed by atoms with van der Waals surface area (Å²) in [6.07, 6.45) is -0.118. The molecule has 6 nitrogen and oxygen atoms in total. The van der Waals surface area contributed by atoms with Crippen molar-refractivity contribution in [1.29, 1.82) is 0 Å². The van der Waals surface area contributed by atoms with Crippen molar-refractivity contribution >= 4 is 23.5 Å². The lowest BCUT2D eigenvalue weighted by molar-refractivity contribution is -0.136. The molecule has 0 radical (unpaired) electrons. The van der Waals surface area contributed by atoms with Crippen molar-refractivity contribution in [3.05, 3.63) is 29.8 Å². The Morgan fingerprint density at radius 2 is 1.58 bits per heavy atom. The average Bonchev–Trinajstić information content (AvgIpc) is 2.88. The van der Waals surface area contributed by atoms with Gasteiger partial charge in [0.25, 0.3) is 5.91 Å². The van der Waals surface area contributed by atoms with E-state index < -0.39 is 5.97 Å². The van der Waals surface area contributed by atoms with Gasteiger partial charge in [0.1, 0.15) is 0 Å². The van der Waals surface area contributed by atoms with Crippen molar-refractivity contribution in [2.75, 3.05) is 11.9 Å². The average molecular weight is 332 g/mol. The van der Waals surface area contributed by atoms with Crippen molar-refractivity contribution in [3.8, 4) is 0 Å². The highest BCUT2D eigenvalue weighted by molar-refractivity contribution is 5.97. The SMILES string of the molecule is CC1(C)C(C(=O)Nc2ccc(C(=O)NCCC(=O)O)cc2)C1(C)C. The number of hydrogen-bond acceptors (Lipinski definition) is 3. The van der Waals surface area contributed by atoms with Crippen LogP contribution in [0.1, 0.15) is 44.5 Å². The number of carboxylic acid groups (broad SMARTS) is 1. The molecule has 1 fully saturated rings. The molecule has 1 aromatic rings. The van der Waals surface area contributed by atoms with Gasteiger partial charge in [0.15, 0.2) is 0 Å². The van der Waals surface area contributed by atoms with E-state index in [1.165, 1.54) is 0 Å². The first-order chi connectivity index (χ1) is 11.1. The minimum Gasteiger partial charge on any atom is -0.481 e. The number of aliphatic carboxylic acids is 1. The molecular weight excluding hydrogens is 308 g/mol.